The first kappa shape index (κ1) is 11.3. The van der Waals surface area contributed by atoms with Crippen molar-refractivity contribution in [3.8, 4) is 16.9 Å². The van der Waals surface area contributed by atoms with E-state index in [-0.39, 0.29) is 5.75 Å². The SMILES string of the molecule is Cc1ncc(-c2ccccc(=O)c2O)c(C)n1. The predicted molar refractivity (Wildman–Crippen MR) is 64.9 cm³/mol. The Bertz CT molecular complexity index is 624. The summed E-state index contributed by atoms with van der Waals surface area (Å²) in [4.78, 5) is 19.8. The molecule has 4 heteroatoms. The molecule has 0 atom stereocenters. The molecule has 4 nitrogen and oxygen atoms in total. The molecule has 2 rings (SSSR count). The zero-order valence-corrected chi connectivity index (χ0v) is 9.64. The van der Waals surface area contributed by atoms with E-state index in [0.717, 1.165) is 5.69 Å². The lowest BCUT2D eigenvalue weighted by Crippen LogP contribution is -1.98. The van der Waals surface area contributed by atoms with E-state index in [1.165, 1.54) is 6.07 Å². The van der Waals surface area contributed by atoms with Crippen LogP contribution in [0.5, 0.6) is 5.75 Å². The van der Waals surface area contributed by atoms with Crippen molar-refractivity contribution in [2.45, 2.75) is 13.8 Å². The Labute approximate surface area is 98.6 Å². The van der Waals surface area contributed by atoms with Gasteiger partial charge in [0.2, 0.25) is 5.43 Å². The van der Waals surface area contributed by atoms with Gasteiger partial charge in [0.15, 0.2) is 5.75 Å². The fourth-order valence-corrected chi connectivity index (χ4v) is 1.65. The number of aromatic nitrogens is 2. The van der Waals surface area contributed by atoms with Gasteiger partial charge in [0, 0.05) is 23.0 Å². The van der Waals surface area contributed by atoms with Gasteiger partial charge in [0.25, 0.3) is 0 Å². The van der Waals surface area contributed by atoms with Crippen LogP contribution in [0.1, 0.15) is 11.5 Å². The molecule has 0 fully saturated rings. The van der Waals surface area contributed by atoms with Crippen molar-refractivity contribution in [2.75, 3.05) is 0 Å². The van der Waals surface area contributed by atoms with Gasteiger partial charge < -0.3 is 5.11 Å². The first-order chi connectivity index (χ1) is 8.09. The van der Waals surface area contributed by atoms with E-state index in [1.54, 1.807) is 31.3 Å². The van der Waals surface area contributed by atoms with Crippen molar-refractivity contribution in [2.24, 2.45) is 0 Å². The van der Waals surface area contributed by atoms with Gasteiger partial charge in [0.05, 0.1) is 0 Å². The normalized spacial score (nSPS) is 10.2. The number of rotatable bonds is 1. The molecule has 0 aliphatic carbocycles. The predicted octanol–water partition coefficient (Wildman–Crippen LogP) is 1.83. The molecule has 86 valence electrons. The van der Waals surface area contributed by atoms with Gasteiger partial charge in [-0.15, -0.1) is 0 Å². The highest BCUT2D eigenvalue weighted by Gasteiger charge is 2.09. The molecule has 2 aromatic rings. The second-order valence-electron chi connectivity index (χ2n) is 3.76. The smallest absolute Gasteiger partial charge is 0.220 e. The van der Waals surface area contributed by atoms with Gasteiger partial charge in [0.1, 0.15) is 5.82 Å². The zero-order chi connectivity index (χ0) is 12.4. The molecule has 0 amide bonds. The molecule has 0 radical (unpaired) electrons. The van der Waals surface area contributed by atoms with Crippen LogP contribution in [0.25, 0.3) is 11.1 Å². The summed E-state index contributed by atoms with van der Waals surface area (Å²) in [5.41, 5.74) is 1.45. The van der Waals surface area contributed by atoms with Crippen LogP contribution in [-0.2, 0) is 0 Å². The maximum absolute atomic E-state index is 11.5. The van der Waals surface area contributed by atoms with E-state index < -0.39 is 5.43 Å². The number of hydrogen-bond acceptors (Lipinski definition) is 4. The molecule has 0 bridgehead atoms. The first-order valence-corrected chi connectivity index (χ1v) is 5.22. The van der Waals surface area contributed by atoms with Crippen molar-refractivity contribution in [3.63, 3.8) is 0 Å². The third kappa shape index (κ3) is 2.15. The summed E-state index contributed by atoms with van der Waals surface area (Å²) < 4.78 is 0. The highest BCUT2D eigenvalue weighted by atomic mass is 16.3. The summed E-state index contributed by atoms with van der Waals surface area (Å²) in [7, 11) is 0. The molecule has 0 aliphatic rings. The third-order valence-corrected chi connectivity index (χ3v) is 2.50. The molecule has 0 saturated carbocycles. The van der Waals surface area contributed by atoms with Crippen LogP contribution in [-0.4, -0.2) is 15.1 Å². The van der Waals surface area contributed by atoms with Gasteiger partial charge in [-0.05, 0) is 19.9 Å². The standard InChI is InChI=1S/C13H12N2O2/c1-8-11(7-14-9(2)15-8)10-5-3-4-6-12(16)13(10)17/h3-7H,1-2H3,(H,16,17). The maximum Gasteiger partial charge on any atom is 0.220 e. The number of aryl methyl sites for hydroxylation is 2. The summed E-state index contributed by atoms with van der Waals surface area (Å²) in [5, 5.41) is 9.84. The molecule has 0 saturated heterocycles. The summed E-state index contributed by atoms with van der Waals surface area (Å²) >= 11 is 0. The number of aromatic hydroxyl groups is 1. The van der Waals surface area contributed by atoms with E-state index in [1.807, 2.05) is 6.92 Å². The average Bonchev–Trinajstić information content (AvgIpc) is 2.44. The Morgan fingerprint density at radius 1 is 1.12 bits per heavy atom. The van der Waals surface area contributed by atoms with Crippen LogP contribution in [0, 0.1) is 13.8 Å². The van der Waals surface area contributed by atoms with E-state index >= 15 is 0 Å². The minimum atomic E-state index is -0.412. The third-order valence-electron chi connectivity index (χ3n) is 2.50. The molecule has 1 aromatic heterocycles. The molecule has 0 spiro atoms. The van der Waals surface area contributed by atoms with Crippen molar-refractivity contribution in [1.29, 1.82) is 0 Å². The van der Waals surface area contributed by atoms with Crippen LogP contribution in [0.4, 0.5) is 0 Å². The Morgan fingerprint density at radius 3 is 2.53 bits per heavy atom. The fourth-order valence-electron chi connectivity index (χ4n) is 1.65. The average molecular weight is 228 g/mol. The van der Waals surface area contributed by atoms with Crippen molar-refractivity contribution in [3.05, 3.63) is 52.2 Å². The molecule has 1 heterocycles. The van der Waals surface area contributed by atoms with Gasteiger partial charge in [-0.25, -0.2) is 9.97 Å². The Morgan fingerprint density at radius 2 is 1.82 bits per heavy atom. The summed E-state index contributed by atoms with van der Waals surface area (Å²) in [5.74, 6) is 0.388. The lowest BCUT2D eigenvalue weighted by molar-refractivity contribution is 0.473. The lowest BCUT2D eigenvalue weighted by atomic mass is 10.1. The molecule has 1 N–H and O–H groups in total. The van der Waals surface area contributed by atoms with Gasteiger partial charge >= 0.3 is 0 Å². The number of hydrogen-bond donors (Lipinski definition) is 1. The van der Waals surface area contributed by atoms with Gasteiger partial charge in [-0.1, -0.05) is 18.2 Å². The first-order valence-electron chi connectivity index (χ1n) is 5.22. The van der Waals surface area contributed by atoms with Crippen LogP contribution in [0.15, 0.2) is 35.3 Å². The van der Waals surface area contributed by atoms with Crippen LogP contribution < -0.4 is 5.43 Å². The van der Waals surface area contributed by atoms with Crippen molar-refractivity contribution in [1.82, 2.24) is 9.97 Å². The second kappa shape index (κ2) is 4.33. The van der Waals surface area contributed by atoms with Crippen molar-refractivity contribution >= 4 is 0 Å². The highest BCUT2D eigenvalue weighted by molar-refractivity contribution is 5.70. The largest absolute Gasteiger partial charge is 0.504 e. The van der Waals surface area contributed by atoms with Crippen LogP contribution in [0.3, 0.4) is 0 Å². The van der Waals surface area contributed by atoms with E-state index in [9.17, 15) is 9.90 Å². The summed E-state index contributed by atoms with van der Waals surface area (Å²) in [6.45, 7) is 3.61. The molecule has 0 aliphatic heterocycles. The molecule has 0 unspecified atom stereocenters. The minimum Gasteiger partial charge on any atom is -0.504 e. The summed E-state index contributed by atoms with van der Waals surface area (Å²) in [6.07, 6.45) is 1.62. The topological polar surface area (TPSA) is 63.1 Å². The summed E-state index contributed by atoms with van der Waals surface area (Å²) in [6, 6.07) is 6.30. The quantitative estimate of drug-likeness (QED) is 0.808. The Kier molecular flexibility index (Phi) is 2.87. The van der Waals surface area contributed by atoms with Crippen molar-refractivity contribution < 1.29 is 5.11 Å². The Balaban J connectivity index is 2.74. The van der Waals surface area contributed by atoms with E-state index in [0.29, 0.717) is 17.0 Å². The lowest BCUT2D eigenvalue weighted by Gasteiger charge is -2.04. The fraction of sp³-hybridized carbons (Fsp3) is 0.154. The molecule has 17 heavy (non-hydrogen) atoms. The molecular weight excluding hydrogens is 216 g/mol. The zero-order valence-electron chi connectivity index (χ0n) is 9.64. The highest BCUT2D eigenvalue weighted by Crippen LogP contribution is 2.26. The van der Waals surface area contributed by atoms with Crippen LogP contribution >= 0.6 is 0 Å². The Hall–Kier alpha value is -2.23. The monoisotopic (exact) mass is 228 g/mol. The number of nitrogens with zero attached hydrogens (tertiary/aromatic N) is 2. The van der Waals surface area contributed by atoms with Gasteiger partial charge in [-0.2, -0.15) is 0 Å². The molecule has 1 aromatic carbocycles. The van der Waals surface area contributed by atoms with E-state index in [2.05, 4.69) is 9.97 Å². The van der Waals surface area contributed by atoms with E-state index in [4.69, 9.17) is 0 Å². The maximum atomic E-state index is 11.5. The minimum absolute atomic E-state index is 0.273. The molecular formula is C13H12N2O2. The van der Waals surface area contributed by atoms with Crippen LogP contribution in [0.2, 0.25) is 0 Å². The van der Waals surface area contributed by atoms with Gasteiger partial charge in [-0.3, -0.25) is 4.79 Å². The second-order valence-corrected chi connectivity index (χ2v) is 3.76.